The van der Waals surface area contributed by atoms with E-state index in [0.717, 1.165) is 42.2 Å². The molecule has 2 atom stereocenters. The molecule has 1 aliphatic heterocycles. The molecule has 0 unspecified atom stereocenters. The van der Waals surface area contributed by atoms with Crippen LogP contribution in [0.2, 0.25) is 0 Å². The molecule has 2 aliphatic rings. The van der Waals surface area contributed by atoms with Crippen LogP contribution in [0.1, 0.15) is 36.5 Å². The van der Waals surface area contributed by atoms with E-state index in [-0.39, 0.29) is 22.4 Å². The maximum absolute atomic E-state index is 14.5. The first-order valence-corrected chi connectivity index (χ1v) is 10.3. The largest absolute Gasteiger partial charge is 0.317 e. The zero-order chi connectivity index (χ0) is 20.6. The zero-order valence-electron chi connectivity index (χ0n) is 15.9. The van der Waals surface area contributed by atoms with Gasteiger partial charge in [0.2, 0.25) is 5.91 Å². The fourth-order valence-corrected chi connectivity index (χ4v) is 5.94. The smallest absolute Gasteiger partial charge is 0.241 e. The van der Waals surface area contributed by atoms with Gasteiger partial charge < -0.3 is 5.21 Å². The summed E-state index contributed by atoms with van der Waals surface area (Å²) in [4.78, 5) is 11.8. The van der Waals surface area contributed by atoms with Crippen molar-refractivity contribution in [1.29, 1.82) is 0 Å². The number of hydrazone groups is 1. The fraction of sp³-hybridized carbons (Fsp3) is 0.333. The number of hydroxylamine groups is 1. The maximum atomic E-state index is 14.5. The van der Waals surface area contributed by atoms with Crippen LogP contribution in [0.5, 0.6) is 0 Å². The summed E-state index contributed by atoms with van der Waals surface area (Å²) >= 11 is 1.29. The lowest BCUT2D eigenvalue weighted by atomic mass is 9.77. The van der Waals surface area contributed by atoms with Crippen molar-refractivity contribution in [2.24, 2.45) is 11.0 Å². The predicted octanol–water partition coefficient (Wildman–Crippen LogP) is 4.01. The van der Waals surface area contributed by atoms with Crippen LogP contribution in [0.4, 0.5) is 8.78 Å². The van der Waals surface area contributed by atoms with E-state index in [2.05, 4.69) is 10.6 Å². The van der Waals surface area contributed by atoms with E-state index in [1.165, 1.54) is 23.7 Å². The SMILES string of the molecule is CC(=O)N1N=C(c2cc(F)ccc2F)S[C@@]12c1ccccc1CC[C@@H]2CCNO. The molecular formula is C21H21F2N3O2S. The molecule has 4 rings (SSSR count). The van der Waals surface area contributed by atoms with Gasteiger partial charge in [-0.15, -0.1) is 0 Å². The minimum absolute atomic E-state index is 0.0381. The standard InChI is InChI=1S/C21H21F2N3O2S/c1-13(27)26-21(29-20(25-26)17-12-16(22)8-9-19(17)23)15(10-11-24-28)7-6-14-4-2-3-5-18(14)21/h2-5,8-9,12,15,24,28H,6-7,10-11H2,1H3/t15-,21+/m1/s1. The van der Waals surface area contributed by atoms with Gasteiger partial charge in [-0.3, -0.25) is 4.79 Å². The van der Waals surface area contributed by atoms with Gasteiger partial charge in [-0.2, -0.15) is 5.10 Å². The monoisotopic (exact) mass is 417 g/mol. The molecule has 5 nitrogen and oxygen atoms in total. The number of rotatable bonds is 4. The summed E-state index contributed by atoms with van der Waals surface area (Å²) in [6.45, 7) is 1.78. The van der Waals surface area contributed by atoms with Crippen LogP contribution in [-0.4, -0.2) is 27.7 Å². The second kappa shape index (κ2) is 7.85. The molecule has 1 aliphatic carbocycles. The first-order valence-electron chi connectivity index (χ1n) is 9.46. The van der Waals surface area contributed by atoms with E-state index in [4.69, 9.17) is 5.21 Å². The molecule has 0 bridgehead atoms. The molecule has 1 spiro atoms. The molecule has 152 valence electrons. The lowest BCUT2D eigenvalue weighted by Crippen LogP contribution is -2.49. The summed E-state index contributed by atoms with van der Waals surface area (Å²) in [7, 11) is 0. The summed E-state index contributed by atoms with van der Waals surface area (Å²) in [6.07, 6.45) is 2.21. The highest BCUT2D eigenvalue weighted by Crippen LogP contribution is 2.57. The van der Waals surface area contributed by atoms with E-state index < -0.39 is 16.5 Å². The van der Waals surface area contributed by atoms with Crippen molar-refractivity contribution < 1.29 is 18.8 Å². The third-order valence-electron chi connectivity index (χ3n) is 5.54. The van der Waals surface area contributed by atoms with Crippen molar-refractivity contribution in [2.75, 3.05) is 6.54 Å². The Bertz CT molecular complexity index is 984. The number of hydrogen-bond acceptors (Lipinski definition) is 5. The number of fused-ring (bicyclic) bond motifs is 2. The molecule has 2 aromatic rings. The minimum atomic E-state index is -0.869. The van der Waals surface area contributed by atoms with Gasteiger partial charge >= 0.3 is 0 Å². The quantitative estimate of drug-likeness (QED) is 0.738. The van der Waals surface area contributed by atoms with Gasteiger partial charge in [-0.05, 0) is 54.5 Å². The summed E-state index contributed by atoms with van der Waals surface area (Å²) in [6, 6.07) is 11.1. The number of carbonyl (C=O) groups is 1. The van der Waals surface area contributed by atoms with Crippen molar-refractivity contribution in [2.45, 2.75) is 31.1 Å². The summed E-state index contributed by atoms with van der Waals surface area (Å²) in [5, 5.41) is 15.3. The van der Waals surface area contributed by atoms with Gasteiger partial charge in [-0.1, -0.05) is 36.0 Å². The van der Waals surface area contributed by atoms with Crippen LogP contribution in [-0.2, 0) is 16.1 Å². The van der Waals surface area contributed by atoms with Gasteiger partial charge in [0.05, 0.1) is 0 Å². The predicted molar refractivity (Wildman–Crippen MR) is 107 cm³/mol. The molecule has 29 heavy (non-hydrogen) atoms. The normalized spacial score (nSPS) is 23.2. The number of nitrogens with one attached hydrogen (secondary N) is 1. The number of carbonyl (C=O) groups excluding carboxylic acids is 1. The summed E-state index contributed by atoms with van der Waals surface area (Å²) < 4.78 is 28.3. The van der Waals surface area contributed by atoms with Crippen molar-refractivity contribution in [3.63, 3.8) is 0 Å². The fourth-order valence-electron chi connectivity index (χ4n) is 4.29. The number of hydrogen-bond donors (Lipinski definition) is 2. The van der Waals surface area contributed by atoms with E-state index >= 15 is 0 Å². The van der Waals surface area contributed by atoms with Crippen LogP contribution in [0.15, 0.2) is 47.6 Å². The highest BCUT2D eigenvalue weighted by atomic mass is 32.2. The van der Waals surface area contributed by atoms with E-state index in [0.29, 0.717) is 13.0 Å². The third kappa shape index (κ3) is 3.35. The Morgan fingerprint density at radius 2 is 2.14 bits per heavy atom. The number of thioether (sulfide) groups is 1. The molecule has 0 fully saturated rings. The van der Waals surface area contributed by atoms with Crippen LogP contribution >= 0.6 is 11.8 Å². The summed E-state index contributed by atoms with van der Waals surface area (Å²) in [5.74, 6) is -1.47. The second-order valence-corrected chi connectivity index (χ2v) is 8.46. The van der Waals surface area contributed by atoms with Crippen LogP contribution in [0.25, 0.3) is 0 Å². The van der Waals surface area contributed by atoms with Gasteiger partial charge in [-0.25, -0.2) is 19.3 Å². The van der Waals surface area contributed by atoms with Crippen molar-refractivity contribution in [3.8, 4) is 0 Å². The Morgan fingerprint density at radius 3 is 2.90 bits per heavy atom. The zero-order valence-corrected chi connectivity index (χ0v) is 16.7. The molecular weight excluding hydrogens is 396 g/mol. The highest BCUT2D eigenvalue weighted by Gasteiger charge is 2.55. The molecule has 2 N–H and O–H groups in total. The van der Waals surface area contributed by atoms with Crippen molar-refractivity contribution in [1.82, 2.24) is 10.5 Å². The van der Waals surface area contributed by atoms with Crippen LogP contribution in [0.3, 0.4) is 0 Å². The van der Waals surface area contributed by atoms with Gasteiger partial charge in [0, 0.05) is 19.0 Å². The molecule has 0 saturated heterocycles. The van der Waals surface area contributed by atoms with Crippen LogP contribution < -0.4 is 5.48 Å². The Balaban J connectivity index is 1.87. The molecule has 0 saturated carbocycles. The van der Waals surface area contributed by atoms with E-state index in [1.807, 2.05) is 24.3 Å². The topological polar surface area (TPSA) is 64.9 Å². The van der Waals surface area contributed by atoms with Crippen molar-refractivity contribution >= 4 is 22.7 Å². The Hall–Kier alpha value is -2.29. The number of aryl methyl sites for hydroxylation is 1. The molecule has 0 aromatic heterocycles. The van der Waals surface area contributed by atoms with E-state index in [9.17, 15) is 13.6 Å². The lowest BCUT2D eigenvalue weighted by Gasteiger charge is -2.45. The van der Waals surface area contributed by atoms with Crippen LogP contribution in [0, 0.1) is 17.6 Å². The number of halogens is 2. The first kappa shape index (κ1) is 20.0. The molecule has 1 amide bonds. The van der Waals surface area contributed by atoms with Gasteiger partial charge in [0.1, 0.15) is 21.5 Å². The lowest BCUT2D eigenvalue weighted by molar-refractivity contribution is -0.134. The van der Waals surface area contributed by atoms with Crippen molar-refractivity contribution in [3.05, 3.63) is 70.8 Å². The molecule has 1 heterocycles. The third-order valence-corrected chi connectivity index (χ3v) is 7.07. The maximum Gasteiger partial charge on any atom is 0.241 e. The average molecular weight is 417 g/mol. The number of nitrogens with zero attached hydrogens (tertiary/aromatic N) is 2. The molecule has 2 aromatic carbocycles. The number of amides is 1. The first-order chi connectivity index (χ1) is 14.0. The van der Waals surface area contributed by atoms with Gasteiger partial charge in [0.15, 0.2) is 0 Å². The second-order valence-electron chi connectivity index (χ2n) is 7.25. The molecule has 8 heteroatoms. The summed E-state index contributed by atoms with van der Waals surface area (Å²) in [5.41, 5.74) is 4.29. The Kier molecular flexibility index (Phi) is 5.42. The number of benzene rings is 2. The Morgan fingerprint density at radius 1 is 1.34 bits per heavy atom. The molecule has 0 radical (unpaired) electrons. The highest BCUT2D eigenvalue weighted by molar-refractivity contribution is 8.15. The average Bonchev–Trinajstić information content (AvgIpc) is 3.11. The Labute approximate surface area is 171 Å². The van der Waals surface area contributed by atoms with E-state index in [1.54, 1.807) is 0 Å². The van der Waals surface area contributed by atoms with Gasteiger partial charge in [0.25, 0.3) is 0 Å². The minimum Gasteiger partial charge on any atom is -0.317 e.